The first kappa shape index (κ1) is 24.7. The van der Waals surface area contributed by atoms with Gasteiger partial charge >= 0.3 is 0 Å². The van der Waals surface area contributed by atoms with Crippen LogP contribution >= 0.6 is 0 Å². The molecule has 1 fully saturated rings. The second-order valence-corrected chi connectivity index (χ2v) is 16.3. The topological polar surface area (TPSA) is 42.4 Å². The van der Waals surface area contributed by atoms with Gasteiger partial charge in [0, 0.05) is 24.4 Å². The highest BCUT2D eigenvalue weighted by Gasteiger charge is 2.49. The smallest absolute Gasteiger partial charge is 0.252 e. The van der Waals surface area contributed by atoms with Crippen LogP contribution in [0.5, 0.6) is 5.75 Å². The molecule has 2 atom stereocenters. The molecule has 0 aliphatic carbocycles. The highest BCUT2D eigenvalue weighted by molar-refractivity contribution is 6.90. The molecule has 1 saturated heterocycles. The minimum Gasteiger partial charge on any atom is -0.487 e. The maximum absolute atomic E-state index is 13.5. The molecule has 0 N–H and O–H groups in total. The Hall–Kier alpha value is -1.94. The van der Waals surface area contributed by atoms with Crippen molar-refractivity contribution in [3.8, 4) is 17.2 Å². The molecule has 0 aromatic carbocycles. The quantitative estimate of drug-likeness (QED) is 0.399. The SMILES string of the molecule is CC(C)[Si](C#Cc1cncc2c1O[C@H]1C[C@@H]2N(C(=O)C(C)(C)C(F)F)C1)(C(C)C)C(C)C. The predicted molar refractivity (Wildman–Crippen MR) is 125 cm³/mol. The van der Waals surface area contributed by atoms with Crippen LogP contribution in [0.25, 0.3) is 0 Å². The number of amides is 1. The number of hydrogen-bond acceptors (Lipinski definition) is 3. The van der Waals surface area contributed by atoms with E-state index >= 15 is 0 Å². The molecular formula is C25H36F2N2O2Si. The Morgan fingerprint density at radius 2 is 1.75 bits per heavy atom. The van der Waals surface area contributed by atoms with Crippen molar-refractivity contribution in [1.82, 2.24) is 9.88 Å². The number of aromatic nitrogens is 1. The van der Waals surface area contributed by atoms with E-state index in [1.165, 1.54) is 13.8 Å². The summed E-state index contributed by atoms with van der Waals surface area (Å²) >= 11 is 0. The molecule has 32 heavy (non-hydrogen) atoms. The first-order chi connectivity index (χ1) is 14.8. The molecule has 3 heterocycles. The zero-order valence-corrected chi connectivity index (χ0v) is 21.5. The van der Waals surface area contributed by atoms with Crippen molar-refractivity contribution in [3.05, 3.63) is 23.5 Å². The Morgan fingerprint density at radius 1 is 1.16 bits per heavy atom. The van der Waals surface area contributed by atoms with Gasteiger partial charge in [-0.15, -0.1) is 5.54 Å². The minimum absolute atomic E-state index is 0.213. The first-order valence-electron chi connectivity index (χ1n) is 11.6. The van der Waals surface area contributed by atoms with Gasteiger partial charge in [-0.05, 0) is 30.5 Å². The molecule has 2 aliphatic heterocycles. The average Bonchev–Trinajstić information content (AvgIpc) is 3.04. The number of hydrogen-bond donors (Lipinski definition) is 0. The van der Waals surface area contributed by atoms with Crippen molar-refractivity contribution < 1.29 is 18.3 Å². The monoisotopic (exact) mass is 462 g/mol. The lowest BCUT2D eigenvalue weighted by Gasteiger charge is -2.38. The number of likely N-dealkylation sites (tertiary alicyclic amines) is 1. The van der Waals surface area contributed by atoms with Crippen LogP contribution in [0.4, 0.5) is 8.78 Å². The third kappa shape index (κ3) is 3.96. The van der Waals surface area contributed by atoms with E-state index in [0.717, 1.165) is 11.1 Å². The summed E-state index contributed by atoms with van der Waals surface area (Å²) in [6.07, 6.45) is 1.08. The van der Waals surface area contributed by atoms with Gasteiger partial charge < -0.3 is 9.64 Å². The van der Waals surface area contributed by atoms with Gasteiger partial charge in [0.25, 0.3) is 6.43 Å². The minimum atomic E-state index is -2.73. The Labute approximate surface area is 192 Å². The third-order valence-corrected chi connectivity index (χ3v) is 13.8. The van der Waals surface area contributed by atoms with E-state index in [1.807, 2.05) is 0 Å². The van der Waals surface area contributed by atoms with Crippen LogP contribution in [0.2, 0.25) is 16.6 Å². The molecule has 2 bridgehead atoms. The Bertz CT molecular complexity index is 912. The van der Waals surface area contributed by atoms with Crippen LogP contribution in [0, 0.1) is 16.9 Å². The van der Waals surface area contributed by atoms with Crippen LogP contribution < -0.4 is 4.74 Å². The first-order valence-corrected chi connectivity index (χ1v) is 13.8. The molecule has 4 nitrogen and oxygen atoms in total. The third-order valence-electron chi connectivity index (χ3n) is 7.47. The molecule has 0 spiro atoms. The van der Waals surface area contributed by atoms with Crippen molar-refractivity contribution in [2.75, 3.05) is 6.54 Å². The molecule has 176 valence electrons. The number of carbonyl (C=O) groups excluding carboxylic acids is 1. The highest BCUT2D eigenvalue weighted by atomic mass is 28.3. The normalized spacial score (nSPS) is 20.5. The molecule has 0 unspecified atom stereocenters. The summed E-state index contributed by atoms with van der Waals surface area (Å²) in [7, 11) is -1.94. The molecular weight excluding hydrogens is 426 g/mol. The Balaban J connectivity index is 2.02. The predicted octanol–water partition coefficient (Wildman–Crippen LogP) is 5.98. The fourth-order valence-corrected chi connectivity index (χ4v) is 10.8. The van der Waals surface area contributed by atoms with E-state index < -0.39 is 25.8 Å². The Morgan fingerprint density at radius 3 is 2.28 bits per heavy atom. The average molecular weight is 463 g/mol. The molecule has 1 aromatic rings. The van der Waals surface area contributed by atoms with Crippen molar-refractivity contribution in [2.24, 2.45) is 5.41 Å². The van der Waals surface area contributed by atoms with E-state index in [0.29, 0.717) is 35.3 Å². The highest BCUT2D eigenvalue weighted by Crippen LogP contribution is 2.47. The summed E-state index contributed by atoms with van der Waals surface area (Å²) in [5, 5.41) is 0. The lowest BCUT2D eigenvalue weighted by Crippen LogP contribution is -2.44. The molecule has 1 aromatic heterocycles. The molecule has 3 rings (SSSR count). The van der Waals surface area contributed by atoms with Crippen molar-refractivity contribution in [1.29, 1.82) is 0 Å². The fraction of sp³-hybridized carbons (Fsp3) is 0.680. The van der Waals surface area contributed by atoms with E-state index in [9.17, 15) is 13.6 Å². The number of nitrogens with zero attached hydrogens (tertiary/aromatic N) is 2. The maximum Gasteiger partial charge on any atom is 0.252 e. The van der Waals surface area contributed by atoms with E-state index in [2.05, 4.69) is 58.0 Å². The van der Waals surface area contributed by atoms with Crippen LogP contribution in [-0.4, -0.2) is 42.9 Å². The van der Waals surface area contributed by atoms with Crippen LogP contribution in [0.3, 0.4) is 0 Å². The second kappa shape index (κ2) is 8.77. The number of halogens is 2. The number of pyridine rings is 1. The van der Waals surface area contributed by atoms with E-state index in [1.54, 1.807) is 17.3 Å². The van der Waals surface area contributed by atoms with Gasteiger partial charge in [0.1, 0.15) is 25.3 Å². The molecule has 0 saturated carbocycles. The molecule has 2 aliphatic rings. The van der Waals surface area contributed by atoms with Gasteiger partial charge in [-0.1, -0.05) is 47.5 Å². The molecule has 7 heteroatoms. The summed E-state index contributed by atoms with van der Waals surface area (Å²) in [6.45, 7) is 16.5. The van der Waals surface area contributed by atoms with Gasteiger partial charge in [0.15, 0.2) is 0 Å². The molecule has 0 radical (unpaired) electrons. The molecule has 1 amide bonds. The number of alkyl halides is 2. The van der Waals surface area contributed by atoms with Gasteiger partial charge in [-0.2, -0.15) is 0 Å². The number of ether oxygens (including phenoxy) is 1. The summed E-state index contributed by atoms with van der Waals surface area (Å²) < 4.78 is 33.3. The van der Waals surface area contributed by atoms with Gasteiger partial charge in [0.2, 0.25) is 5.91 Å². The fourth-order valence-electron chi connectivity index (χ4n) is 5.56. The zero-order valence-electron chi connectivity index (χ0n) is 20.5. The lowest BCUT2D eigenvalue weighted by molar-refractivity contribution is -0.149. The lowest BCUT2D eigenvalue weighted by atomic mass is 9.91. The largest absolute Gasteiger partial charge is 0.487 e. The second-order valence-electron chi connectivity index (χ2n) is 10.7. The van der Waals surface area contributed by atoms with Gasteiger partial charge in [0.05, 0.1) is 18.2 Å². The summed E-state index contributed by atoms with van der Waals surface area (Å²) in [5.74, 6) is 3.54. The summed E-state index contributed by atoms with van der Waals surface area (Å²) in [4.78, 5) is 18.9. The Kier molecular flexibility index (Phi) is 6.77. The summed E-state index contributed by atoms with van der Waals surface area (Å²) in [5.41, 5.74) is 4.99. The van der Waals surface area contributed by atoms with Crippen LogP contribution in [0.15, 0.2) is 12.4 Å². The van der Waals surface area contributed by atoms with Crippen LogP contribution in [-0.2, 0) is 4.79 Å². The van der Waals surface area contributed by atoms with E-state index in [-0.39, 0.29) is 12.1 Å². The number of fused-ring (bicyclic) bond motifs is 4. The van der Waals surface area contributed by atoms with Crippen molar-refractivity contribution in [3.63, 3.8) is 0 Å². The number of carbonyl (C=O) groups is 1. The van der Waals surface area contributed by atoms with E-state index in [4.69, 9.17) is 4.74 Å². The maximum atomic E-state index is 13.5. The van der Waals surface area contributed by atoms with Gasteiger partial charge in [-0.25, -0.2) is 8.78 Å². The van der Waals surface area contributed by atoms with Gasteiger partial charge in [-0.3, -0.25) is 9.78 Å². The van der Waals surface area contributed by atoms with Crippen LogP contribution in [0.1, 0.15) is 79.0 Å². The zero-order chi connectivity index (χ0) is 24.0. The number of rotatable bonds is 5. The van der Waals surface area contributed by atoms with Crippen molar-refractivity contribution in [2.45, 2.75) is 97.0 Å². The standard InChI is InChI=1S/C25H36F2N2O2Si/c1-15(2)32(16(3)4,17(5)6)10-9-18-12-28-13-20-21-11-19(31-22(18)20)14-29(21)24(30)25(7,8)23(26)27/h12-13,15-17,19,21,23H,11,14H2,1-8H3/t19-,21-/m0/s1. The van der Waals surface area contributed by atoms with Crippen molar-refractivity contribution >= 4 is 14.0 Å². The summed E-state index contributed by atoms with van der Waals surface area (Å²) in [6, 6.07) is -0.300.